The van der Waals surface area contributed by atoms with Gasteiger partial charge >= 0.3 is 0 Å². The monoisotopic (exact) mass is 331 g/mol. The predicted octanol–water partition coefficient (Wildman–Crippen LogP) is 3.49. The fourth-order valence-corrected chi connectivity index (χ4v) is 4.94. The number of rotatable bonds is 5. The second-order valence-corrected chi connectivity index (χ2v) is 7.89. The van der Waals surface area contributed by atoms with Crippen LogP contribution < -0.4 is 0 Å². The molecule has 1 heterocycles. The zero-order valence-electron chi connectivity index (χ0n) is 14.9. The lowest BCUT2D eigenvalue weighted by molar-refractivity contribution is -0.170. The largest absolute Gasteiger partial charge is 0.378 e. The van der Waals surface area contributed by atoms with Gasteiger partial charge in [-0.1, -0.05) is 19.3 Å². The number of aromatic nitrogens is 2. The quantitative estimate of drug-likeness (QED) is 0.898. The molecule has 5 nitrogen and oxygen atoms in total. The van der Waals surface area contributed by atoms with E-state index in [4.69, 9.17) is 4.74 Å². The Balaban J connectivity index is 1.49. The van der Waals surface area contributed by atoms with Crippen molar-refractivity contribution >= 4 is 5.91 Å². The zero-order valence-corrected chi connectivity index (χ0v) is 14.9. The van der Waals surface area contributed by atoms with E-state index >= 15 is 0 Å². The molecule has 1 spiro atoms. The highest BCUT2D eigenvalue weighted by Crippen LogP contribution is 2.55. The highest BCUT2D eigenvalue weighted by Gasteiger charge is 2.58. The van der Waals surface area contributed by atoms with E-state index in [-0.39, 0.29) is 11.3 Å². The highest BCUT2D eigenvalue weighted by atomic mass is 16.5. The lowest BCUT2D eigenvalue weighted by Gasteiger charge is -2.60. The van der Waals surface area contributed by atoms with Gasteiger partial charge in [-0.3, -0.25) is 9.89 Å². The molecule has 0 aromatic carbocycles. The summed E-state index contributed by atoms with van der Waals surface area (Å²) < 4.78 is 6.02. The average Bonchev–Trinajstić information content (AvgIpc) is 3.35. The Bertz CT molecular complexity index is 602. The van der Waals surface area contributed by atoms with Crippen LogP contribution in [-0.4, -0.2) is 46.8 Å². The summed E-state index contributed by atoms with van der Waals surface area (Å²) in [4.78, 5) is 14.9. The van der Waals surface area contributed by atoms with Gasteiger partial charge in [0.2, 0.25) is 0 Å². The van der Waals surface area contributed by atoms with Crippen molar-refractivity contribution in [2.24, 2.45) is 5.41 Å². The van der Waals surface area contributed by atoms with E-state index in [2.05, 4.69) is 17.1 Å². The SMILES string of the molecule is CCO[C@@H]1C[C@@H](N(C)C(=O)c2cc(C3CC3)[nH]n2)C12CCCCC2. The summed E-state index contributed by atoms with van der Waals surface area (Å²) in [6.45, 7) is 2.84. The van der Waals surface area contributed by atoms with Gasteiger partial charge in [-0.25, -0.2) is 0 Å². The summed E-state index contributed by atoms with van der Waals surface area (Å²) in [7, 11) is 1.96. The maximum Gasteiger partial charge on any atom is 0.274 e. The fourth-order valence-electron chi connectivity index (χ4n) is 4.94. The van der Waals surface area contributed by atoms with Gasteiger partial charge in [0, 0.05) is 36.7 Å². The van der Waals surface area contributed by atoms with Crippen LogP contribution in [0.5, 0.6) is 0 Å². The van der Waals surface area contributed by atoms with Crippen molar-refractivity contribution < 1.29 is 9.53 Å². The first-order valence-corrected chi connectivity index (χ1v) is 9.60. The highest BCUT2D eigenvalue weighted by molar-refractivity contribution is 5.92. The van der Waals surface area contributed by atoms with Crippen molar-refractivity contribution in [3.05, 3.63) is 17.5 Å². The Kier molecular flexibility index (Phi) is 4.15. The molecule has 0 unspecified atom stereocenters. The Morgan fingerprint density at radius 1 is 1.38 bits per heavy atom. The molecule has 3 saturated carbocycles. The normalized spacial score (nSPS) is 28.6. The number of carbonyl (C=O) groups is 1. The summed E-state index contributed by atoms with van der Waals surface area (Å²) >= 11 is 0. The van der Waals surface area contributed by atoms with Crippen LogP contribution in [0.25, 0.3) is 0 Å². The van der Waals surface area contributed by atoms with Gasteiger partial charge in [0.25, 0.3) is 5.91 Å². The number of H-pyrrole nitrogens is 1. The van der Waals surface area contributed by atoms with Crippen LogP contribution in [0.3, 0.4) is 0 Å². The number of carbonyl (C=O) groups excluding carboxylic acids is 1. The Labute approximate surface area is 144 Å². The Hall–Kier alpha value is -1.36. The van der Waals surface area contributed by atoms with E-state index in [0.717, 1.165) is 18.7 Å². The molecule has 3 aliphatic carbocycles. The van der Waals surface area contributed by atoms with Crippen LogP contribution >= 0.6 is 0 Å². The molecule has 3 aliphatic rings. The van der Waals surface area contributed by atoms with Crippen LogP contribution in [0.4, 0.5) is 0 Å². The minimum atomic E-state index is 0.0584. The van der Waals surface area contributed by atoms with Crippen molar-refractivity contribution in [2.45, 2.75) is 76.4 Å². The topological polar surface area (TPSA) is 58.2 Å². The second kappa shape index (κ2) is 6.17. The molecule has 4 rings (SSSR count). The predicted molar refractivity (Wildman–Crippen MR) is 92.0 cm³/mol. The minimum absolute atomic E-state index is 0.0584. The van der Waals surface area contributed by atoms with Gasteiger partial charge in [-0.2, -0.15) is 5.10 Å². The van der Waals surface area contributed by atoms with Gasteiger partial charge in [0.15, 0.2) is 0 Å². The molecule has 1 amide bonds. The number of aromatic amines is 1. The Morgan fingerprint density at radius 3 is 2.79 bits per heavy atom. The number of amides is 1. The summed E-state index contributed by atoms with van der Waals surface area (Å²) in [5.74, 6) is 0.656. The van der Waals surface area contributed by atoms with Gasteiger partial charge in [-0.05, 0) is 45.1 Å². The molecule has 0 aliphatic heterocycles. The van der Waals surface area contributed by atoms with Crippen LogP contribution in [0.15, 0.2) is 6.07 Å². The molecule has 24 heavy (non-hydrogen) atoms. The molecule has 3 fully saturated rings. The van der Waals surface area contributed by atoms with Crippen molar-refractivity contribution in [1.29, 1.82) is 0 Å². The average molecular weight is 331 g/mol. The minimum Gasteiger partial charge on any atom is -0.378 e. The first-order chi connectivity index (χ1) is 11.7. The van der Waals surface area contributed by atoms with Crippen molar-refractivity contribution in [1.82, 2.24) is 15.1 Å². The van der Waals surface area contributed by atoms with E-state index in [1.165, 1.54) is 44.9 Å². The van der Waals surface area contributed by atoms with Gasteiger partial charge in [0.05, 0.1) is 6.10 Å². The zero-order chi connectivity index (χ0) is 16.7. The molecular weight excluding hydrogens is 302 g/mol. The number of nitrogens with zero attached hydrogens (tertiary/aromatic N) is 2. The van der Waals surface area contributed by atoms with Crippen LogP contribution in [0.1, 0.15) is 80.4 Å². The molecule has 5 heteroatoms. The van der Waals surface area contributed by atoms with E-state index in [0.29, 0.717) is 23.8 Å². The number of ether oxygens (including phenoxy) is 1. The first-order valence-electron chi connectivity index (χ1n) is 9.60. The van der Waals surface area contributed by atoms with Crippen LogP contribution in [0.2, 0.25) is 0 Å². The third-order valence-corrected chi connectivity index (χ3v) is 6.52. The molecule has 132 valence electrons. The third-order valence-electron chi connectivity index (χ3n) is 6.52. The van der Waals surface area contributed by atoms with Crippen molar-refractivity contribution in [2.75, 3.05) is 13.7 Å². The van der Waals surface area contributed by atoms with E-state index < -0.39 is 0 Å². The lowest BCUT2D eigenvalue weighted by Crippen LogP contribution is -2.65. The summed E-state index contributed by atoms with van der Waals surface area (Å²) in [6, 6.07) is 2.26. The smallest absolute Gasteiger partial charge is 0.274 e. The lowest BCUT2D eigenvalue weighted by atomic mass is 9.54. The fraction of sp³-hybridized carbons (Fsp3) is 0.789. The molecule has 0 radical (unpaired) electrons. The number of hydrogen-bond donors (Lipinski definition) is 1. The molecule has 0 saturated heterocycles. The van der Waals surface area contributed by atoms with Gasteiger partial charge in [0.1, 0.15) is 5.69 Å². The molecule has 1 aromatic rings. The third kappa shape index (κ3) is 2.57. The summed E-state index contributed by atoms with van der Waals surface area (Å²) in [5, 5.41) is 7.34. The number of nitrogens with one attached hydrogen (secondary N) is 1. The maximum absolute atomic E-state index is 12.9. The second-order valence-electron chi connectivity index (χ2n) is 7.89. The van der Waals surface area contributed by atoms with Gasteiger partial charge in [-0.15, -0.1) is 0 Å². The van der Waals surface area contributed by atoms with Crippen molar-refractivity contribution in [3.8, 4) is 0 Å². The maximum atomic E-state index is 12.9. The van der Waals surface area contributed by atoms with Crippen LogP contribution in [-0.2, 0) is 4.74 Å². The van der Waals surface area contributed by atoms with E-state index in [1.807, 2.05) is 18.0 Å². The Morgan fingerprint density at radius 2 is 2.12 bits per heavy atom. The summed E-state index contributed by atoms with van der Waals surface area (Å²) in [6.07, 6.45) is 9.93. The van der Waals surface area contributed by atoms with Gasteiger partial charge < -0.3 is 9.64 Å². The van der Waals surface area contributed by atoms with Crippen molar-refractivity contribution in [3.63, 3.8) is 0 Å². The molecule has 1 N–H and O–H groups in total. The molecule has 1 aromatic heterocycles. The molecule has 2 atom stereocenters. The van der Waals surface area contributed by atoms with E-state index in [1.54, 1.807) is 0 Å². The standard InChI is InChI=1S/C19H29N3O2/c1-3-24-17-12-16(19(17)9-5-4-6-10-19)22(2)18(23)15-11-14(20-21-15)13-7-8-13/h11,13,16-17H,3-10,12H2,1-2H3,(H,20,21)/t16-,17-/m1/s1. The van der Waals surface area contributed by atoms with Crippen LogP contribution in [0, 0.1) is 5.41 Å². The number of hydrogen-bond acceptors (Lipinski definition) is 3. The molecule has 0 bridgehead atoms. The first kappa shape index (κ1) is 16.1. The summed E-state index contributed by atoms with van der Waals surface area (Å²) in [5.41, 5.74) is 1.87. The van der Waals surface area contributed by atoms with E-state index in [9.17, 15) is 4.79 Å². The molecular formula is C19H29N3O2.